The van der Waals surface area contributed by atoms with E-state index in [9.17, 15) is 4.79 Å². The third kappa shape index (κ3) is 4.12. The van der Waals surface area contributed by atoms with Gasteiger partial charge in [0.15, 0.2) is 0 Å². The average Bonchev–Trinajstić information content (AvgIpc) is 3.43. The van der Waals surface area contributed by atoms with Gasteiger partial charge in [-0.3, -0.25) is 9.69 Å². The van der Waals surface area contributed by atoms with Crippen LogP contribution in [0.25, 0.3) is 0 Å². The predicted molar refractivity (Wildman–Crippen MR) is 118 cm³/mol. The van der Waals surface area contributed by atoms with E-state index in [0.717, 1.165) is 44.8 Å². The van der Waals surface area contributed by atoms with Gasteiger partial charge in [-0.1, -0.05) is 6.07 Å². The first-order valence-electron chi connectivity index (χ1n) is 10.6. The minimum atomic E-state index is 0.199. The number of imidazole rings is 1. The van der Waals surface area contributed by atoms with E-state index in [0.29, 0.717) is 18.4 Å². The van der Waals surface area contributed by atoms with Crippen molar-refractivity contribution in [1.29, 1.82) is 0 Å². The molecule has 0 amide bonds. The molecule has 5 rings (SSSR count). The largest absolute Gasteiger partial charge is 0.336 e. The van der Waals surface area contributed by atoms with Gasteiger partial charge in [0.2, 0.25) is 0 Å². The standard InChI is InChI=1S/C22H28N6OS/c1-25(7-8-26-6-4-23-16-26)13-18-2-3-20-19-10-17(12-28(20)22(18)29)11-27(14-19)15-21-24-5-9-30-21/h2-6,9,16-17,19H,7-8,10-15H2,1H3/t17-,19+/m0/s1. The van der Waals surface area contributed by atoms with E-state index in [1.165, 1.54) is 17.1 Å². The first-order chi connectivity index (χ1) is 14.7. The van der Waals surface area contributed by atoms with Crippen molar-refractivity contribution in [2.75, 3.05) is 26.7 Å². The van der Waals surface area contributed by atoms with Crippen molar-refractivity contribution in [2.24, 2.45) is 5.92 Å². The molecule has 2 atom stereocenters. The number of aromatic nitrogens is 4. The summed E-state index contributed by atoms with van der Waals surface area (Å²) in [7, 11) is 2.08. The van der Waals surface area contributed by atoms with Crippen LogP contribution in [0.1, 0.15) is 28.6 Å². The lowest BCUT2D eigenvalue weighted by molar-refractivity contribution is 0.114. The molecular formula is C22H28N6OS. The van der Waals surface area contributed by atoms with Gasteiger partial charge in [0.1, 0.15) is 5.01 Å². The molecule has 0 aromatic carbocycles. The van der Waals surface area contributed by atoms with E-state index in [1.54, 1.807) is 17.5 Å². The van der Waals surface area contributed by atoms with Crippen molar-refractivity contribution in [3.8, 4) is 0 Å². The van der Waals surface area contributed by atoms with Crippen LogP contribution in [0.15, 0.2) is 47.2 Å². The van der Waals surface area contributed by atoms with E-state index in [-0.39, 0.29) is 5.56 Å². The molecule has 2 aliphatic rings. The monoisotopic (exact) mass is 424 g/mol. The fourth-order valence-electron chi connectivity index (χ4n) is 4.94. The fourth-order valence-corrected chi connectivity index (χ4v) is 5.59. The molecule has 158 valence electrons. The Morgan fingerprint density at radius 3 is 2.97 bits per heavy atom. The zero-order valence-corrected chi connectivity index (χ0v) is 18.2. The number of nitrogens with zero attached hydrogens (tertiary/aromatic N) is 6. The fraction of sp³-hybridized carbons (Fsp3) is 0.500. The molecule has 0 spiro atoms. The number of pyridine rings is 1. The summed E-state index contributed by atoms with van der Waals surface area (Å²) in [6.07, 6.45) is 8.67. The van der Waals surface area contributed by atoms with Crippen LogP contribution in [0.4, 0.5) is 0 Å². The molecule has 2 bridgehead atoms. The number of thiazole rings is 1. The summed E-state index contributed by atoms with van der Waals surface area (Å²) in [5.74, 6) is 0.987. The molecule has 7 nitrogen and oxygen atoms in total. The molecule has 0 N–H and O–H groups in total. The van der Waals surface area contributed by atoms with Crippen molar-refractivity contribution in [2.45, 2.75) is 38.5 Å². The lowest BCUT2D eigenvalue weighted by Gasteiger charge is -2.42. The van der Waals surface area contributed by atoms with Gasteiger partial charge in [0, 0.05) is 80.4 Å². The highest BCUT2D eigenvalue weighted by Crippen LogP contribution is 2.35. The van der Waals surface area contributed by atoms with E-state index < -0.39 is 0 Å². The molecule has 8 heteroatoms. The zero-order chi connectivity index (χ0) is 20.5. The van der Waals surface area contributed by atoms with Crippen molar-refractivity contribution in [3.63, 3.8) is 0 Å². The number of hydrogen-bond acceptors (Lipinski definition) is 6. The highest BCUT2D eigenvalue weighted by atomic mass is 32.1. The summed E-state index contributed by atoms with van der Waals surface area (Å²) in [5.41, 5.74) is 2.31. The quantitative estimate of drug-likeness (QED) is 0.582. The van der Waals surface area contributed by atoms with Gasteiger partial charge >= 0.3 is 0 Å². The molecule has 3 aromatic rings. The molecule has 2 aliphatic heterocycles. The maximum atomic E-state index is 13.3. The van der Waals surface area contributed by atoms with Gasteiger partial charge in [-0.05, 0) is 25.5 Å². The Morgan fingerprint density at radius 2 is 2.17 bits per heavy atom. The zero-order valence-electron chi connectivity index (χ0n) is 17.4. The third-order valence-electron chi connectivity index (χ3n) is 6.34. The van der Waals surface area contributed by atoms with Gasteiger partial charge < -0.3 is 14.0 Å². The average molecular weight is 425 g/mol. The smallest absolute Gasteiger partial charge is 0.255 e. The van der Waals surface area contributed by atoms with Gasteiger partial charge in [0.05, 0.1) is 12.9 Å². The summed E-state index contributed by atoms with van der Waals surface area (Å²) in [5, 5.41) is 3.23. The SMILES string of the molecule is CN(CCn1ccnc1)Cc1ccc2n(c1=O)C[C@H]1C[C@@H]2CN(Cc2nccs2)C1. The van der Waals surface area contributed by atoms with Crippen molar-refractivity contribution < 1.29 is 0 Å². The Kier molecular flexibility index (Phi) is 5.54. The summed E-state index contributed by atoms with van der Waals surface area (Å²) >= 11 is 1.73. The van der Waals surface area contributed by atoms with E-state index in [1.807, 2.05) is 24.1 Å². The summed E-state index contributed by atoms with van der Waals surface area (Å²) in [4.78, 5) is 26.5. The van der Waals surface area contributed by atoms with Crippen LogP contribution < -0.4 is 5.56 Å². The van der Waals surface area contributed by atoms with E-state index in [4.69, 9.17) is 0 Å². The lowest BCUT2D eigenvalue weighted by atomic mass is 9.83. The van der Waals surface area contributed by atoms with Crippen molar-refractivity contribution >= 4 is 11.3 Å². The number of hydrogen-bond donors (Lipinski definition) is 0. The third-order valence-corrected chi connectivity index (χ3v) is 7.10. The summed E-state index contributed by atoms with van der Waals surface area (Å²) in [6, 6.07) is 4.26. The van der Waals surface area contributed by atoms with Crippen molar-refractivity contribution in [1.82, 2.24) is 28.9 Å². The summed E-state index contributed by atoms with van der Waals surface area (Å²) < 4.78 is 4.13. The Bertz CT molecular complexity index is 1030. The van der Waals surface area contributed by atoms with Crippen LogP contribution >= 0.6 is 11.3 Å². The van der Waals surface area contributed by atoms with Crippen LogP contribution in [0, 0.1) is 5.92 Å². The van der Waals surface area contributed by atoms with E-state index in [2.05, 4.69) is 48.1 Å². The number of likely N-dealkylation sites (tertiary alicyclic amines) is 1. The second-order valence-corrected chi connectivity index (χ2v) is 9.64. The van der Waals surface area contributed by atoms with Crippen LogP contribution in [-0.4, -0.2) is 55.6 Å². The Balaban J connectivity index is 1.27. The Labute approximate surface area is 180 Å². The lowest BCUT2D eigenvalue weighted by Crippen LogP contribution is -2.47. The number of piperidine rings is 1. The van der Waals surface area contributed by atoms with Crippen LogP contribution in [-0.2, 0) is 26.2 Å². The normalized spacial score (nSPS) is 21.1. The molecule has 0 aliphatic carbocycles. The van der Waals surface area contributed by atoms with Crippen LogP contribution in [0.3, 0.4) is 0 Å². The molecule has 30 heavy (non-hydrogen) atoms. The Morgan fingerprint density at radius 1 is 1.23 bits per heavy atom. The molecule has 1 fully saturated rings. The maximum absolute atomic E-state index is 13.3. The Hall–Kier alpha value is -2.29. The van der Waals surface area contributed by atoms with Crippen LogP contribution in [0.2, 0.25) is 0 Å². The van der Waals surface area contributed by atoms with Crippen molar-refractivity contribution in [3.05, 3.63) is 69.0 Å². The van der Waals surface area contributed by atoms with Gasteiger partial charge in [-0.15, -0.1) is 11.3 Å². The minimum absolute atomic E-state index is 0.199. The molecule has 3 aromatic heterocycles. The molecule has 0 saturated carbocycles. The van der Waals surface area contributed by atoms with E-state index >= 15 is 0 Å². The molecule has 5 heterocycles. The topological polar surface area (TPSA) is 59.2 Å². The molecule has 1 saturated heterocycles. The second-order valence-electron chi connectivity index (χ2n) is 8.66. The van der Waals surface area contributed by atoms with Crippen LogP contribution in [0.5, 0.6) is 0 Å². The molecule has 0 radical (unpaired) electrons. The second kappa shape index (κ2) is 8.45. The maximum Gasteiger partial charge on any atom is 0.255 e. The highest BCUT2D eigenvalue weighted by molar-refractivity contribution is 7.09. The van der Waals surface area contributed by atoms with Gasteiger partial charge in [-0.2, -0.15) is 0 Å². The predicted octanol–water partition coefficient (Wildman–Crippen LogP) is 2.25. The number of likely N-dealkylation sites (N-methyl/N-ethyl adjacent to an activating group) is 1. The molecule has 0 unspecified atom stereocenters. The van der Waals surface area contributed by atoms with Gasteiger partial charge in [-0.25, -0.2) is 9.97 Å². The first kappa shape index (κ1) is 19.7. The summed E-state index contributed by atoms with van der Waals surface area (Å²) in [6.45, 7) is 6.27. The van der Waals surface area contributed by atoms with Gasteiger partial charge in [0.25, 0.3) is 5.56 Å². The number of fused-ring (bicyclic) bond motifs is 4. The minimum Gasteiger partial charge on any atom is -0.336 e. The number of rotatable bonds is 7. The first-order valence-corrected chi connectivity index (χ1v) is 11.5. The molecular weight excluding hydrogens is 396 g/mol. The highest BCUT2D eigenvalue weighted by Gasteiger charge is 2.35.